The number of para-hydroxylation sites is 1. The molecule has 28 heavy (non-hydrogen) atoms. The van der Waals surface area contributed by atoms with Crippen LogP contribution in [0, 0.1) is 10.1 Å². The SMILES string of the molecule is CC(C)Oc1ccc(C(C)NC(=O)Cn2cnc3cccc([N+](=O)[O-])c32)cn1. The molecule has 0 bridgehead atoms. The number of imidazole rings is 1. The maximum Gasteiger partial charge on any atom is 0.295 e. The van der Waals surface area contributed by atoms with Crippen molar-refractivity contribution in [2.24, 2.45) is 0 Å². The van der Waals surface area contributed by atoms with E-state index in [0.717, 1.165) is 5.56 Å². The monoisotopic (exact) mass is 383 g/mol. The number of nitro benzene ring substituents is 1. The number of hydrogen-bond acceptors (Lipinski definition) is 6. The number of ether oxygens (including phenoxy) is 1. The molecule has 9 nitrogen and oxygen atoms in total. The molecule has 1 unspecified atom stereocenters. The standard InChI is InChI=1S/C19H21N5O4/c1-12(2)28-18-8-7-14(9-20-18)13(3)22-17(25)10-23-11-21-15-5-4-6-16(19(15)23)24(26)27/h4-9,11-13H,10H2,1-3H3,(H,22,25). The third kappa shape index (κ3) is 4.25. The summed E-state index contributed by atoms with van der Waals surface area (Å²) in [7, 11) is 0. The molecule has 1 aromatic carbocycles. The summed E-state index contributed by atoms with van der Waals surface area (Å²) in [6.45, 7) is 5.60. The minimum Gasteiger partial charge on any atom is -0.475 e. The molecule has 0 spiro atoms. The molecule has 3 aromatic rings. The molecule has 0 saturated heterocycles. The normalized spacial score (nSPS) is 12.1. The van der Waals surface area contributed by atoms with Crippen LogP contribution in [-0.4, -0.2) is 31.5 Å². The molecule has 0 aliphatic rings. The van der Waals surface area contributed by atoms with Gasteiger partial charge in [0.15, 0.2) is 0 Å². The van der Waals surface area contributed by atoms with E-state index in [1.165, 1.54) is 17.0 Å². The van der Waals surface area contributed by atoms with Crippen LogP contribution >= 0.6 is 0 Å². The number of benzene rings is 1. The molecule has 146 valence electrons. The Balaban J connectivity index is 1.70. The molecule has 1 atom stereocenters. The molecule has 1 amide bonds. The second kappa shape index (κ2) is 8.03. The second-order valence-corrected chi connectivity index (χ2v) is 6.66. The Bertz CT molecular complexity index is 997. The highest BCUT2D eigenvalue weighted by Gasteiger charge is 2.18. The van der Waals surface area contributed by atoms with Crippen molar-refractivity contribution in [1.82, 2.24) is 19.9 Å². The molecule has 2 aromatic heterocycles. The van der Waals surface area contributed by atoms with E-state index in [0.29, 0.717) is 16.9 Å². The Morgan fingerprint density at radius 3 is 2.68 bits per heavy atom. The summed E-state index contributed by atoms with van der Waals surface area (Å²) >= 11 is 0. The first-order valence-corrected chi connectivity index (χ1v) is 8.85. The Morgan fingerprint density at radius 1 is 1.25 bits per heavy atom. The molecule has 0 aliphatic heterocycles. The largest absolute Gasteiger partial charge is 0.475 e. The van der Waals surface area contributed by atoms with Crippen LogP contribution in [0.3, 0.4) is 0 Å². The Morgan fingerprint density at radius 2 is 2.04 bits per heavy atom. The highest BCUT2D eigenvalue weighted by Crippen LogP contribution is 2.24. The van der Waals surface area contributed by atoms with Crippen LogP contribution in [0.15, 0.2) is 42.9 Å². The smallest absolute Gasteiger partial charge is 0.295 e. The molecule has 0 radical (unpaired) electrons. The summed E-state index contributed by atoms with van der Waals surface area (Å²) in [4.78, 5) is 31.6. The van der Waals surface area contributed by atoms with Crippen LogP contribution in [0.2, 0.25) is 0 Å². The van der Waals surface area contributed by atoms with Crippen LogP contribution in [0.4, 0.5) is 5.69 Å². The van der Waals surface area contributed by atoms with Crippen molar-refractivity contribution < 1.29 is 14.5 Å². The predicted molar refractivity (Wildman–Crippen MR) is 103 cm³/mol. The van der Waals surface area contributed by atoms with Crippen molar-refractivity contribution in [2.75, 3.05) is 0 Å². The maximum absolute atomic E-state index is 12.5. The van der Waals surface area contributed by atoms with E-state index in [1.807, 2.05) is 26.8 Å². The zero-order valence-electron chi connectivity index (χ0n) is 15.8. The molecule has 2 heterocycles. The molecule has 0 aliphatic carbocycles. The van der Waals surface area contributed by atoms with Gasteiger partial charge in [0.05, 0.1) is 28.9 Å². The molecule has 0 fully saturated rings. The van der Waals surface area contributed by atoms with E-state index < -0.39 is 4.92 Å². The van der Waals surface area contributed by atoms with Crippen molar-refractivity contribution in [1.29, 1.82) is 0 Å². The van der Waals surface area contributed by atoms with Crippen molar-refractivity contribution in [3.05, 3.63) is 58.5 Å². The van der Waals surface area contributed by atoms with Crippen LogP contribution < -0.4 is 10.1 Å². The summed E-state index contributed by atoms with van der Waals surface area (Å²) in [5.41, 5.74) is 1.54. The average molecular weight is 383 g/mol. The van der Waals surface area contributed by atoms with Gasteiger partial charge >= 0.3 is 0 Å². The quantitative estimate of drug-likeness (QED) is 0.496. The van der Waals surface area contributed by atoms with E-state index in [2.05, 4.69) is 15.3 Å². The van der Waals surface area contributed by atoms with E-state index in [4.69, 9.17) is 4.74 Å². The predicted octanol–water partition coefficient (Wildman–Crippen LogP) is 3.00. The van der Waals surface area contributed by atoms with Gasteiger partial charge in [-0.3, -0.25) is 14.9 Å². The fraction of sp³-hybridized carbons (Fsp3) is 0.316. The van der Waals surface area contributed by atoms with Crippen LogP contribution in [0.1, 0.15) is 32.4 Å². The number of non-ortho nitro benzene ring substituents is 1. The number of nitro groups is 1. The second-order valence-electron chi connectivity index (χ2n) is 6.66. The molecule has 9 heteroatoms. The van der Waals surface area contributed by atoms with Crippen molar-refractivity contribution in [3.8, 4) is 5.88 Å². The highest BCUT2D eigenvalue weighted by molar-refractivity contribution is 5.87. The molecule has 1 N–H and O–H groups in total. The van der Waals surface area contributed by atoms with Crippen LogP contribution in [-0.2, 0) is 11.3 Å². The summed E-state index contributed by atoms with van der Waals surface area (Å²) in [6.07, 6.45) is 3.12. The van der Waals surface area contributed by atoms with Crippen molar-refractivity contribution >= 4 is 22.6 Å². The first-order chi connectivity index (χ1) is 13.3. The number of hydrogen-bond donors (Lipinski definition) is 1. The average Bonchev–Trinajstić information content (AvgIpc) is 3.04. The van der Waals surface area contributed by atoms with Gasteiger partial charge in [-0.1, -0.05) is 12.1 Å². The first-order valence-electron chi connectivity index (χ1n) is 8.85. The summed E-state index contributed by atoms with van der Waals surface area (Å²) in [5, 5.41) is 14.1. The van der Waals surface area contributed by atoms with E-state index in [9.17, 15) is 14.9 Å². The van der Waals surface area contributed by atoms with E-state index in [1.54, 1.807) is 24.4 Å². The zero-order valence-corrected chi connectivity index (χ0v) is 15.8. The summed E-state index contributed by atoms with van der Waals surface area (Å²) in [6, 6.07) is 7.95. The Kier molecular flexibility index (Phi) is 5.53. The zero-order chi connectivity index (χ0) is 20.3. The Hall–Kier alpha value is -3.49. The Labute approximate surface area is 161 Å². The van der Waals surface area contributed by atoms with Gasteiger partial charge in [0.1, 0.15) is 12.1 Å². The number of nitrogens with one attached hydrogen (secondary N) is 1. The van der Waals surface area contributed by atoms with Crippen LogP contribution in [0.5, 0.6) is 5.88 Å². The lowest BCUT2D eigenvalue weighted by Gasteiger charge is -2.15. The van der Waals surface area contributed by atoms with Crippen molar-refractivity contribution in [2.45, 2.75) is 39.5 Å². The first kappa shape index (κ1) is 19.3. The number of rotatable bonds is 7. The summed E-state index contributed by atoms with van der Waals surface area (Å²) in [5.74, 6) is 0.238. The lowest BCUT2D eigenvalue weighted by molar-refractivity contribution is -0.383. The number of aromatic nitrogens is 3. The number of carbonyl (C=O) groups excluding carboxylic acids is 1. The topological polar surface area (TPSA) is 112 Å². The number of nitrogens with zero attached hydrogens (tertiary/aromatic N) is 4. The van der Waals surface area contributed by atoms with Crippen LogP contribution in [0.25, 0.3) is 11.0 Å². The fourth-order valence-corrected chi connectivity index (χ4v) is 2.86. The van der Waals surface area contributed by atoms with Gasteiger partial charge in [0.25, 0.3) is 5.69 Å². The molecule has 0 saturated carbocycles. The fourth-order valence-electron chi connectivity index (χ4n) is 2.86. The summed E-state index contributed by atoms with van der Waals surface area (Å²) < 4.78 is 6.99. The van der Waals surface area contributed by atoms with Gasteiger partial charge in [0.2, 0.25) is 11.8 Å². The minimum absolute atomic E-state index is 0.0320. The number of amides is 1. The highest BCUT2D eigenvalue weighted by atomic mass is 16.6. The molecular weight excluding hydrogens is 362 g/mol. The third-order valence-corrected chi connectivity index (χ3v) is 4.12. The van der Waals surface area contributed by atoms with Gasteiger partial charge in [-0.2, -0.15) is 0 Å². The van der Waals surface area contributed by atoms with E-state index in [-0.39, 0.29) is 30.3 Å². The minimum atomic E-state index is -0.479. The number of pyridine rings is 1. The number of fused-ring (bicyclic) bond motifs is 1. The molecular formula is C19H21N5O4. The van der Waals surface area contributed by atoms with Gasteiger partial charge in [-0.25, -0.2) is 9.97 Å². The van der Waals surface area contributed by atoms with Gasteiger partial charge in [-0.15, -0.1) is 0 Å². The molecule has 3 rings (SSSR count). The lowest BCUT2D eigenvalue weighted by atomic mass is 10.1. The number of carbonyl (C=O) groups is 1. The van der Waals surface area contributed by atoms with Crippen molar-refractivity contribution in [3.63, 3.8) is 0 Å². The lowest BCUT2D eigenvalue weighted by Crippen LogP contribution is -2.30. The van der Waals surface area contributed by atoms with Gasteiger partial charge < -0.3 is 14.6 Å². The maximum atomic E-state index is 12.5. The van der Waals surface area contributed by atoms with E-state index >= 15 is 0 Å². The van der Waals surface area contributed by atoms with Gasteiger partial charge in [0, 0.05) is 18.3 Å². The third-order valence-electron chi connectivity index (χ3n) is 4.12. The van der Waals surface area contributed by atoms with Gasteiger partial charge in [-0.05, 0) is 32.4 Å².